The number of aromatic nitrogens is 2. The first-order valence-electron chi connectivity index (χ1n) is 5.65. The highest BCUT2D eigenvalue weighted by atomic mass is 79.9. The molecule has 2 aromatic heterocycles. The molecule has 0 saturated heterocycles. The van der Waals surface area contributed by atoms with Gasteiger partial charge >= 0.3 is 0 Å². The molecule has 0 spiro atoms. The van der Waals surface area contributed by atoms with Crippen LogP contribution in [0.4, 0.5) is 4.39 Å². The number of thiophene rings is 1. The first kappa shape index (κ1) is 13.3. The summed E-state index contributed by atoms with van der Waals surface area (Å²) in [7, 11) is 0. The number of hydrogen-bond acceptors (Lipinski definition) is 5. The summed E-state index contributed by atoms with van der Waals surface area (Å²) in [6.45, 7) is 0.126. The molecule has 4 nitrogen and oxygen atoms in total. The molecule has 0 fully saturated rings. The van der Waals surface area contributed by atoms with E-state index in [1.54, 1.807) is 11.3 Å². The monoisotopic (exact) mass is 354 g/mol. The Morgan fingerprint density at radius 3 is 3.00 bits per heavy atom. The van der Waals surface area contributed by atoms with Crippen molar-refractivity contribution in [3.63, 3.8) is 0 Å². The summed E-state index contributed by atoms with van der Waals surface area (Å²) < 4.78 is 24.1. The second-order valence-electron chi connectivity index (χ2n) is 3.89. The molecule has 102 valence electrons. The van der Waals surface area contributed by atoms with Gasteiger partial charge in [0.05, 0.1) is 4.47 Å². The molecule has 3 rings (SSSR count). The molecular formula is C13H8BrFN2O2S. The molecule has 0 saturated carbocycles. The summed E-state index contributed by atoms with van der Waals surface area (Å²) in [6.07, 6.45) is 0. The molecule has 0 atom stereocenters. The summed E-state index contributed by atoms with van der Waals surface area (Å²) in [6, 6.07) is 6.11. The van der Waals surface area contributed by atoms with Crippen molar-refractivity contribution >= 4 is 27.3 Å². The minimum atomic E-state index is -0.332. The fraction of sp³-hybridized carbons (Fsp3) is 0.0769. The predicted octanol–water partition coefficient (Wildman–Crippen LogP) is 4.28. The molecule has 0 bridgehead atoms. The first-order chi connectivity index (χ1) is 9.72. The van der Waals surface area contributed by atoms with Crippen molar-refractivity contribution in [1.29, 1.82) is 0 Å². The third-order valence-electron chi connectivity index (χ3n) is 2.49. The molecule has 0 unspecified atom stereocenters. The topological polar surface area (TPSA) is 48.2 Å². The van der Waals surface area contributed by atoms with Gasteiger partial charge in [-0.1, -0.05) is 5.16 Å². The lowest BCUT2D eigenvalue weighted by molar-refractivity contribution is 0.241. The van der Waals surface area contributed by atoms with Crippen LogP contribution in [-0.2, 0) is 6.61 Å². The van der Waals surface area contributed by atoms with Gasteiger partial charge < -0.3 is 9.26 Å². The van der Waals surface area contributed by atoms with E-state index in [9.17, 15) is 4.39 Å². The van der Waals surface area contributed by atoms with Crippen LogP contribution in [0.15, 0.2) is 44.0 Å². The van der Waals surface area contributed by atoms with E-state index in [0.29, 0.717) is 21.9 Å². The maximum atomic E-state index is 12.9. The molecule has 1 aromatic carbocycles. The van der Waals surface area contributed by atoms with E-state index in [4.69, 9.17) is 9.26 Å². The van der Waals surface area contributed by atoms with Gasteiger partial charge in [-0.05, 0) is 45.6 Å². The smallest absolute Gasteiger partial charge is 0.264 e. The molecule has 2 heterocycles. The van der Waals surface area contributed by atoms with E-state index in [2.05, 4.69) is 26.1 Å². The molecule has 0 amide bonds. The van der Waals surface area contributed by atoms with Crippen molar-refractivity contribution in [2.75, 3.05) is 0 Å². The summed E-state index contributed by atoms with van der Waals surface area (Å²) in [5.74, 6) is 1.08. The molecule has 3 aromatic rings. The van der Waals surface area contributed by atoms with Crippen molar-refractivity contribution < 1.29 is 13.7 Å². The third-order valence-corrected chi connectivity index (χ3v) is 3.80. The van der Waals surface area contributed by atoms with Crippen LogP contribution < -0.4 is 4.74 Å². The van der Waals surface area contributed by atoms with Crippen LogP contribution in [0.5, 0.6) is 5.75 Å². The Morgan fingerprint density at radius 1 is 1.35 bits per heavy atom. The highest BCUT2D eigenvalue weighted by Gasteiger charge is 2.10. The normalized spacial score (nSPS) is 10.7. The zero-order valence-electron chi connectivity index (χ0n) is 10.0. The third kappa shape index (κ3) is 2.88. The van der Waals surface area contributed by atoms with E-state index in [1.165, 1.54) is 18.2 Å². The quantitative estimate of drug-likeness (QED) is 0.701. The standard InChI is InChI=1S/C13H8BrFN2O2S/c14-10-5-9(15)1-2-11(10)18-6-12-16-13(17-19-12)8-3-4-20-7-8/h1-5,7H,6H2. The number of ether oxygens (including phenoxy) is 1. The van der Waals surface area contributed by atoms with E-state index in [0.717, 1.165) is 5.56 Å². The van der Waals surface area contributed by atoms with Crippen molar-refractivity contribution in [3.05, 3.63) is 51.2 Å². The van der Waals surface area contributed by atoms with Crippen molar-refractivity contribution in [1.82, 2.24) is 10.1 Å². The number of halogens is 2. The number of benzene rings is 1. The van der Waals surface area contributed by atoms with E-state index >= 15 is 0 Å². The number of rotatable bonds is 4. The molecule has 7 heteroatoms. The van der Waals surface area contributed by atoms with Crippen LogP contribution in [-0.4, -0.2) is 10.1 Å². The van der Waals surface area contributed by atoms with Crippen LogP contribution >= 0.6 is 27.3 Å². The lowest BCUT2D eigenvalue weighted by atomic mass is 10.3. The van der Waals surface area contributed by atoms with Gasteiger partial charge in [0.25, 0.3) is 5.89 Å². The van der Waals surface area contributed by atoms with Gasteiger partial charge in [-0.3, -0.25) is 0 Å². The summed E-state index contributed by atoms with van der Waals surface area (Å²) >= 11 is 4.79. The lowest BCUT2D eigenvalue weighted by Crippen LogP contribution is -1.96. The Balaban J connectivity index is 1.70. The predicted molar refractivity (Wildman–Crippen MR) is 76.0 cm³/mol. The Bertz CT molecular complexity index is 715. The maximum Gasteiger partial charge on any atom is 0.264 e. The molecule has 0 radical (unpaired) electrons. The van der Waals surface area contributed by atoms with Crippen molar-refractivity contribution in [2.24, 2.45) is 0 Å². The van der Waals surface area contributed by atoms with Gasteiger partial charge in [0.2, 0.25) is 5.82 Å². The second kappa shape index (κ2) is 5.72. The summed E-state index contributed by atoms with van der Waals surface area (Å²) in [5.41, 5.74) is 0.910. The highest BCUT2D eigenvalue weighted by Crippen LogP contribution is 2.26. The minimum Gasteiger partial charge on any atom is -0.483 e. The van der Waals surface area contributed by atoms with Gasteiger partial charge in [0.1, 0.15) is 11.6 Å². The van der Waals surface area contributed by atoms with Crippen LogP contribution in [0.25, 0.3) is 11.4 Å². The van der Waals surface area contributed by atoms with Gasteiger partial charge in [-0.2, -0.15) is 16.3 Å². The van der Waals surface area contributed by atoms with Gasteiger partial charge in [0.15, 0.2) is 6.61 Å². The van der Waals surface area contributed by atoms with Crippen LogP contribution in [0.2, 0.25) is 0 Å². The largest absolute Gasteiger partial charge is 0.483 e. The molecular weight excluding hydrogens is 347 g/mol. The van der Waals surface area contributed by atoms with Crippen LogP contribution in [0, 0.1) is 5.82 Å². The zero-order valence-corrected chi connectivity index (χ0v) is 12.4. The fourth-order valence-electron chi connectivity index (χ4n) is 1.55. The highest BCUT2D eigenvalue weighted by molar-refractivity contribution is 9.10. The molecule has 0 aliphatic rings. The average Bonchev–Trinajstić information content (AvgIpc) is 3.08. The second-order valence-corrected chi connectivity index (χ2v) is 5.52. The minimum absolute atomic E-state index is 0.126. The van der Waals surface area contributed by atoms with Crippen LogP contribution in [0.3, 0.4) is 0 Å². The van der Waals surface area contributed by atoms with E-state index in [-0.39, 0.29) is 12.4 Å². The Hall–Kier alpha value is -1.73. The molecule has 0 aliphatic carbocycles. The van der Waals surface area contributed by atoms with Crippen LogP contribution in [0.1, 0.15) is 5.89 Å². The lowest BCUT2D eigenvalue weighted by Gasteiger charge is -2.05. The fourth-order valence-corrected chi connectivity index (χ4v) is 2.65. The molecule has 0 aliphatic heterocycles. The number of hydrogen-bond donors (Lipinski definition) is 0. The maximum absolute atomic E-state index is 12.9. The van der Waals surface area contributed by atoms with Crippen molar-refractivity contribution in [2.45, 2.75) is 6.61 Å². The SMILES string of the molecule is Fc1ccc(OCc2nc(-c3ccsc3)no2)c(Br)c1. The zero-order chi connectivity index (χ0) is 13.9. The summed E-state index contributed by atoms with van der Waals surface area (Å²) in [5, 5.41) is 7.75. The number of nitrogens with zero attached hydrogens (tertiary/aromatic N) is 2. The first-order valence-corrected chi connectivity index (χ1v) is 7.39. The van der Waals surface area contributed by atoms with Gasteiger partial charge in [-0.15, -0.1) is 0 Å². The van der Waals surface area contributed by atoms with E-state index < -0.39 is 0 Å². The Kier molecular flexibility index (Phi) is 3.79. The van der Waals surface area contributed by atoms with Crippen molar-refractivity contribution in [3.8, 4) is 17.1 Å². The summed E-state index contributed by atoms with van der Waals surface area (Å²) in [4.78, 5) is 4.23. The van der Waals surface area contributed by atoms with Gasteiger partial charge in [0, 0.05) is 10.9 Å². The van der Waals surface area contributed by atoms with Gasteiger partial charge in [-0.25, -0.2) is 4.39 Å². The molecule has 0 N–H and O–H groups in total. The average molecular weight is 355 g/mol. The molecule has 20 heavy (non-hydrogen) atoms. The Labute approximate surface area is 126 Å². The van der Waals surface area contributed by atoms with E-state index in [1.807, 2.05) is 16.8 Å². The Morgan fingerprint density at radius 2 is 2.25 bits per heavy atom.